The van der Waals surface area contributed by atoms with E-state index in [0.717, 1.165) is 27.3 Å². The van der Waals surface area contributed by atoms with Crippen molar-refractivity contribution < 1.29 is 4.74 Å². The van der Waals surface area contributed by atoms with Crippen LogP contribution in [0.1, 0.15) is 5.56 Å². The topological polar surface area (TPSA) is 34.5 Å². The Bertz CT molecular complexity index is 847. The fraction of sp³-hybridized carbons (Fsp3) is 0. The van der Waals surface area contributed by atoms with Gasteiger partial charge in [0.15, 0.2) is 0 Å². The highest BCUT2D eigenvalue weighted by Crippen LogP contribution is 2.35. The van der Waals surface area contributed by atoms with E-state index in [0.29, 0.717) is 5.90 Å². The quantitative estimate of drug-likeness (QED) is 0.710. The molecule has 4 rings (SSSR count). The second-order valence-corrected chi connectivity index (χ2v) is 4.42. The number of para-hydroxylation sites is 1. The number of nitrogens with zero attached hydrogens (tertiary/aromatic N) is 2. The normalized spacial score (nSPS) is 15.2. The molecule has 2 aliphatic heterocycles. The molecule has 0 spiro atoms. The van der Waals surface area contributed by atoms with Crippen molar-refractivity contribution in [3.05, 3.63) is 64.8 Å². The first-order valence-electron chi connectivity index (χ1n) is 6.09. The summed E-state index contributed by atoms with van der Waals surface area (Å²) < 4.78 is 5.71. The van der Waals surface area contributed by atoms with Gasteiger partial charge in [-0.25, -0.2) is 4.99 Å². The number of fused-ring (bicyclic) bond motifs is 4. The number of hydrogen-bond acceptors (Lipinski definition) is 3. The first kappa shape index (κ1) is 10.3. The lowest BCUT2D eigenvalue weighted by molar-refractivity contribution is 0.541. The van der Waals surface area contributed by atoms with Crippen molar-refractivity contribution in [2.75, 3.05) is 0 Å². The van der Waals surface area contributed by atoms with Crippen LogP contribution >= 0.6 is 0 Å². The molecule has 0 unspecified atom stereocenters. The van der Waals surface area contributed by atoms with Gasteiger partial charge in [-0.05, 0) is 23.4 Å². The van der Waals surface area contributed by atoms with Crippen LogP contribution in [0.25, 0.3) is 17.9 Å². The molecule has 2 aromatic rings. The Morgan fingerprint density at radius 1 is 0.947 bits per heavy atom. The molecule has 0 saturated heterocycles. The van der Waals surface area contributed by atoms with Crippen LogP contribution in [-0.2, 0) is 4.74 Å². The molecule has 0 aliphatic carbocycles. The van der Waals surface area contributed by atoms with Crippen molar-refractivity contribution in [3.63, 3.8) is 0 Å². The zero-order valence-electron chi connectivity index (χ0n) is 10.1. The van der Waals surface area contributed by atoms with Crippen molar-refractivity contribution in [1.82, 2.24) is 4.98 Å². The van der Waals surface area contributed by atoms with Gasteiger partial charge in [-0.15, -0.1) is 0 Å². The summed E-state index contributed by atoms with van der Waals surface area (Å²) in [6.07, 6.45) is 9.39. The van der Waals surface area contributed by atoms with E-state index in [4.69, 9.17) is 4.74 Å². The molecule has 0 fully saturated rings. The summed E-state index contributed by atoms with van der Waals surface area (Å²) in [6.45, 7) is 0. The molecule has 0 N–H and O–H groups in total. The van der Waals surface area contributed by atoms with Gasteiger partial charge in [-0.3, -0.25) is 4.98 Å². The van der Waals surface area contributed by atoms with Gasteiger partial charge in [0, 0.05) is 28.7 Å². The van der Waals surface area contributed by atoms with Crippen LogP contribution in [0.5, 0.6) is 0 Å². The van der Waals surface area contributed by atoms with Crippen molar-refractivity contribution in [1.29, 1.82) is 0 Å². The number of rotatable bonds is 0. The SMILES string of the molecule is C1=C2C(=Nc3ccccc32)OC=c2cnccc2=C1. The smallest absolute Gasteiger partial charge is 0.226 e. The van der Waals surface area contributed by atoms with Gasteiger partial charge in [0.25, 0.3) is 0 Å². The highest BCUT2D eigenvalue weighted by molar-refractivity contribution is 6.26. The number of ether oxygens (including phenoxy) is 1. The molecular weight excluding hydrogens is 236 g/mol. The molecule has 3 heterocycles. The Morgan fingerprint density at radius 3 is 2.89 bits per heavy atom. The van der Waals surface area contributed by atoms with E-state index in [-0.39, 0.29) is 0 Å². The molecule has 0 amide bonds. The van der Waals surface area contributed by atoms with Crippen LogP contribution in [0, 0.1) is 0 Å². The molecule has 2 aliphatic rings. The van der Waals surface area contributed by atoms with Crippen molar-refractivity contribution >= 4 is 29.5 Å². The molecule has 0 atom stereocenters. The predicted octanol–water partition coefficient (Wildman–Crippen LogP) is 1.76. The summed E-state index contributed by atoms with van der Waals surface area (Å²) in [6, 6.07) is 10.0. The lowest BCUT2D eigenvalue weighted by Crippen LogP contribution is -2.26. The predicted molar refractivity (Wildman–Crippen MR) is 75.0 cm³/mol. The molecule has 1 aromatic heterocycles. The number of benzene rings is 1. The van der Waals surface area contributed by atoms with Gasteiger partial charge in [0.05, 0.1) is 5.69 Å². The van der Waals surface area contributed by atoms with Crippen LogP contribution in [0.2, 0.25) is 0 Å². The number of pyridine rings is 1. The van der Waals surface area contributed by atoms with E-state index in [9.17, 15) is 0 Å². The highest BCUT2D eigenvalue weighted by atomic mass is 16.5. The van der Waals surface area contributed by atoms with Gasteiger partial charge >= 0.3 is 0 Å². The molecule has 1 aromatic carbocycles. The molecule has 0 radical (unpaired) electrons. The zero-order chi connectivity index (χ0) is 12.7. The van der Waals surface area contributed by atoms with E-state index in [2.05, 4.69) is 28.2 Å². The Morgan fingerprint density at radius 2 is 1.89 bits per heavy atom. The monoisotopic (exact) mass is 246 g/mol. The number of aromatic nitrogens is 1. The molecule has 0 bridgehead atoms. The van der Waals surface area contributed by atoms with E-state index in [1.807, 2.05) is 24.3 Å². The van der Waals surface area contributed by atoms with Crippen molar-refractivity contribution in [2.24, 2.45) is 4.99 Å². The third-order valence-electron chi connectivity index (χ3n) is 3.26. The summed E-state index contributed by atoms with van der Waals surface area (Å²) >= 11 is 0. The van der Waals surface area contributed by atoms with Gasteiger partial charge in [-0.2, -0.15) is 0 Å². The van der Waals surface area contributed by atoms with Crippen molar-refractivity contribution in [3.8, 4) is 0 Å². The number of aliphatic imine (C=N–C) groups is 1. The first-order valence-corrected chi connectivity index (χ1v) is 6.09. The Hall–Kier alpha value is -2.68. The molecule has 3 nitrogen and oxygen atoms in total. The fourth-order valence-corrected chi connectivity index (χ4v) is 2.29. The first-order chi connectivity index (χ1) is 9.42. The minimum atomic E-state index is 0.645. The minimum Gasteiger partial charge on any atom is -0.445 e. The lowest BCUT2D eigenvalue weighted by Gasteiger charge is -2.04. The van der Waals surface area contributed by atoms with Crippen LogP contribution < -0.4 is 10.4 Å². The summed E-state index contributed by atoms with van der Waals surface area (Å²) in [5.74, 6) is 0.645. The molecule has 19 heavy (non-hydrogen) atoms. The van der Waals surface area contributed by atoms with Crippen LogP contribution in [0.15, 0.2) is 53.8 Å². The molecular formula is C16H10N2O. The van der Waals surface area contributed by atoms with E-state index < -0.39 is 0 Å². The average Bonchev–Trinajstić information content (AvgIpc) is 2.78. The highest BCUT2D eigenvalue weighted by Gasteiger charge is 2.21. The molecule has 90 valence electrons. The maximum atomic E-state index is 5.71. The lowest BCUT2D eigenvalue weighted by atomic mass is 10.1. The molecule has 3 heteroatoms. The average molecular weight is 246 g/mol. The van der Waals surface area contributed by atoms with Crippen molar-refractivity contribution in [2.45, 2.75) is 0 Å². The molecule has 0 saturated carbocycles. The van der Waals surface area contributed by atoms with Crippen LogP contribution in [0.3, 0.4) is 0 Å². The van der Waals surface area contributed by atoms with Gasteiger partial charge in [-0.1, -0.05) is 24.3 Å². The summed E-state index contributed by atoms with van der Waals surface area (Å²) in [7, 11) is 0. The van der Waals surface area contributed by atoms with E-state index in [1.165, 1.54) is 0 Å². The standard InChI is InChI=1S/C16H10N2O/c1-2-4-15-13(3-1)14-6-5-11-7-8-17-9-12(11)10-19-16(14)18-15/h1-10H. The third kappa shape index (κ3) is 1.59. The third-order valence-corrected chi connectivity index (χ3v) is 3.26. The summed E-state index contributed by atoms with van der Waals surface area (Å²) in [5.41, 5.74) is 3.09. The van der Waals surface area contributed by atoms with Gasteiger partial charge < -0.3 is 4.74 Å². The van der Waals surface area contributed by atoms with Crippen LogP contribution in [0.4, 0.5) is 5.69 Å². The minimum absolute atomic E-state index is 0.645. The largest absolute Gasteiger partial charge is 0.445 e. The fourth-order valence-electron chi connectivity index (χ4n) is 2.29. The maximum Gasteiger partial charge on any atom is 0.226 e. The zero-order valence-corrected chi connectivity index (χ0v) is 10.1. The Kier molecular flexibility index (Phi) is 2.12. The number of hydrogen-bond donors (Lipinski definition) is 0. The second kappa shape index (κ2) is 3.92. The number of allylic oxidation sites excluding steroid dienone is 1. The van der Waals surface area contributed by atoms with Gasteiger partial charge in [0.1, 0.15) is 6.26 Å². The van der Waals surface area contributed by atoms with E-state index in [1.54, 1.807) is 18.7 Å². The second-order valence-electron chi connectivity index (χ2n) is 4.42. The Balaban J connectivity index is 1.98. The summed E-state index contributed by atoms with van der Waals surface area (Å²) in [4.78, 5) is 8.61. The Labute approximate surface area is 109 Å². The van der Waals surface area contributed by atoms with Crippen LogP contribution in [-0.4, -0.2) is 10.9 Å². The van der Waals surface area contributed by atoms with Gasteiger partial charge in [0.2, 0.25) is 5.90 Å². The van der Waals surface area contributed by atoms with E-state index >= 15 is 0 Å². The maximum absolute atomic E-state index is 5.71. The summed E-state index contributed by atoms with van der Waals surface area (Å²) in [5, 5.41) is 2.04.